The van der Waals surface area contributed by atoms with Crippen molar-refractivity contribution in [2.24, 2.45) is 0 Å². The van der Waals surface area contributed by atoms with Crippen LogP contribution in [0.1, 0.15) is 39.5 Å². The molecule has 0 spiro atoms. The molecular weight excluding hydrogens is 291 g/mol. The van der Waals surface area contributed by atoms with Gasteiger partial charge in [0.05, 0.1) is 0 Å². The molecule has 0 aromatic rings. The molecule has 0 heterocycles. The van der Waals surface area contributed by atoms with E-state index in [1.165, 1.54) is 0 Å². The molecule has 0 rings (SSSR count). The summed E-state index contributed by atoms with van der Waals surface area (Å²) in [6.45, 7) is 7.20. The average Bonchev–Trinajstić information content (AvgIpc) is 2.31. The Bertz CT molecular complexity index is 329. The van der Waals surface area contributed by atoms with Gasteiger partial charge in [-0.15, -0.1) is 0 Å². The normalized spacial score (nSPS) is 16.7. The van der Waals surface area contributed by atoms with Crippen LogP contribution in [-0.4, -0.2) is 27.3 Å². The minimum Gasteiger partial charge on any atom is -0.404 e. The van der Waals surface area contributed by atoms with Crippen LogP contribution < -0.4 is 0 Å². The van der Waals surface area contributed by atoms with E-state index in [9.17, 15) is 14.6 Å². The second-order valence-corrected chi connectivity index (χ2v) is 13.3. The molecule has 4 nitrogen and oxygen atoms in total. The molecule has 1 unspecified atom stereocenters. The van der Waals surface area contributed by atoms with Crippen LogP contribution in [0.3, 0.4) is 0 Å². The second-order valence-electron chi connectivity index (χ2n) is 3.92. The van der Waals surface area contributed by atoms with Gasteiger partial charge in [0.2, 0.25) is 0 Å². The van der Waals surface area contributed by atoms with Gasteiger partial charge in [0.1, 0.15) is 0 Å². The maximum Gasteiger partial charge on any atom is 0.341 e. The van der Waals surface area contributed by atoms with Crippen LogP contribution >= 0.6 is 15.6 Å². The highest BCUT2D eigenvalue weighted by molar-refractivity contribution is 8.83. The lowest BCUT2D eigenvalue weighted by Gasteiger charge is -2.40. The van der Waals surface area contributed by atoms with Crippen molar-refractivity contribution in [1.82, 2.24) is 0 Å². The van der Waals surface area contributed by atoms with E-state index < -0.39 is 21.6 Å². The van der Waals surface area contributed by atoms with Gasteiger partial charge in [0.15, 0.2) is 0 Å². The Balaban J connectivity index is 4.83. The van der Waals surface area contributed by atoms with Crippen molar-refractivity contribution in [3.63, 3.8) is 0 Å². The van der Waals surface area contributed by atoms with Crippen molar-refractivity contribution in [3.8, 4) is 0 Å². The first-order valence-corrected chi connectivity index (χ1v) is 11.2. The number of carbonyl (C=O) groups excluding carboxylic acids is 1. The summed E-state index contributed by atoms with van der Waals surface area (Å²) in [7, 11) is -2.33. The van der Waals surface area contributed by atoms with Crippen LogP contribution in [-0.2, 0) is 20.8 Å². The molecule has 108 valence electrons. The summed E-state index contributed by atoms with van der Waals surface area (Å²) in [6.07, 6.45) is 4.98. The van der Waals surface area contributed by atoms with E-state index in [4.69, 9.17) is 16.0 Å². The summed E-state index contributed by atoms with van der Waals surface area (Å²) in [5, 5.41) is 0. The zero-order valence-corrected chi connectivity index (χ0v) is 13.5. The SMILES string of the molecule is C=CC(=O)OS(CC)(CCCCCC)P(O)(O)=S. The van der Waals surface area contributed by atoms with Gasteiger partial charge in [-0.3, -0.25) is 0 Å². The molecule has 0 radical (unpaired) electrons. The quantitative estimate of drug-likeness (QED) is 0.388. The van der Waals surface area contributed by atoms with E-state index in [1.54, 1.807) is 6.92 Å². The number of carbonyl (C=O) groups is 1. The Morgan fingerprint density at radius 1 is 1.39 bits per heavy atom. The summed E-state index contributed by atoms with van der Waals surface area (Å²) < 4.78 is 5.25. The molecule has 0 bridgehead atoms. The lowest BCUT2D eigenvalue weighted by atomic mass is 10.2. The molecule has 18 heavy (non-hydrogen) atoms. The van der Waals surface area contributed by atoms with Gasteiger partial charge in [-0.05, 0) is 28.2 Å². The van der Waals surface area contributed by atoms with Gasteiger partial charge in [-0.1, -0.05) is 39.7 Å². The van der Waals surface area contributed by atoms with Crippen molar-refractivity contribution in [1.29, 1.82) is 0 Å². The summed E-state index contributed by atoms with van der Waals surface area (Å²) in [4.78, 5) is 31.0. The predicted molar refractivity (Wildman–Crippen MR) is 82.2 cm³/mol. The van der Waals surface area contributed by atoms with E-state index >= 15 is 0 Å². The molecule has 0 aliphatic rings. The van der Waals surface area contributed by atoms with Crippen LogP contribution in [0, 0.1) is 0 Å². The molecule has 7 heteroatoms. The van der Waals surface area contributed by atoms with E-state index in [-0.39, 0.29) is 0 Å². The molecule has 0 aromatic carbocycles. The highest BCUT2D eigenvalue weighted by Crippen LogP contribution is 2.78. The van der Waals surface area contributed by atoms with Crippen LogP contribution in [0.15, 0.2) is 12.7 Å². The van der Waals surface area contributed by atoms with Crippen molar-refractivity contribution >= 4 is 33.4 Å². The standard InChI is InChI=1S/C11H23O4PS2/c1-4-7-8-9-10-18(6-3,16(13,14)17)15-11(12)5-2/h5H,2,4,6-10H2,1,3H3,(H2,13,14,17). The fraction of sp³-hybridized carbons (Fsp3) is 0.727. The average molecular weight is 314 g/mol. The molecule has 0 saturated carbocycles. The summed E-state index contributed by atoms with van der Waals surface area (Å²) >= 11 is 4.81. The van der Waals surface area contributed by atoms with Gasteiger partial charge in [0.25, 0.3) is 5.69 Å². The van der Waals surface area contributed by atoms with Gasteiger partial charge in [0, 0.05) is 17.6 Å². The fourth-order valence-electron chi connectivity index (χ4n) is 1.52. The van der Waals surface area contributed by atoms with Crippen molar-refractivity contribution < 1.29 is 18.8 Å². The fourth-order valence-corrected chi connectivity index (χ4v) is 8.23. The molecule has 0 amide bonds. The molecule has 0 saturated heterocycles. The van der Waals surface area contributed by atoms with Crippen LogP contribution in [0.25, 0.3) is 0 Å². The Morgan fingerprint density at radius 3 is 2.39 bits per heavy atom. The highest BCUT2D eigenvalue weighted by atomic mass is 33.0. The first-order valence-electron chi connectivity index (χ1n) is 6.03. The van der Waals surface area contributed by atoms with E-state index in [2.05, 4.69) is 13.5 Å². The number of unbranched alkanes of at least 4 members (excludes halogenated alkanes) is 3. The monoisotopic (exact) mass is 314 g/mol. The van der Waals surface area contributed by atoms with E-state index in [1.807, 2.05) is 0 Å². The predicted octanol–water partition coefficient (Wildman–Crippen LogP) is 3.24. The maximum atomic E-state index is 11.4. The van der Waals surface area contributed by atoms with Gasteiger partial charge in [-0.2, -0.15) is 0 Å². The summed E-state index contributed by atoms with van der Waals surface area (Å²) in [5.74, 6) is 0.218. The number of hydrogen-bond acceptors (Lipinski definition) is 3. The molecule has 0 fully saturated rings. The van der Waals surface area contributed by atoms with Crippen LogP contribution in [0.5, 0.6) is 0 Å². The molecule has 0 aliphatic carbocycles. The van der Waals surface area contributed by atoms with Crippen molar-refractivity contribution in [2.75, 3.05) is 11.5 Å². The van der Waals surface area contributed by atoms with Gasteiger partial charge < -0.3 is 14.0 Å². The second kappa shape index (κ2) is 8.33. The zero-order valence-electron chi connectivity index (χ0n) is 11.0. The number of hydrogen-bond donors (Lipinski definition) is 2. The van der Waals surface area contributed by atoms with E-state index in [0.717, 1.165) is 31.8 Å². The molecule has 0 aromatic heterocycles. The molecule has 2 N–H and O–H groups in total. The third kappa shape index (κ3) is 5.41. The summed E-state index contributed by atoms with van der Waals surface area (Å²) in [6, 6.07) is 0. The maximum absolute atomic E-state index is 11.4. The first kappa shape index (κ1) is 18.1. The Hall–Kier alpha value is 0.130. The third-order valence-corrected chi connectivity index (χ3v) is 12.4. The lowest BCUT2D eigenvalue weighted by molar-refractivity contribution is -0.128. The van der Waals surface area contributed by atoms with Crippen LogP contribution in [0.4, 0.5) is 0 Å². The highest BCUT2D eigenvalue weighted by Gasteiger charge is 2.39. The topological polar surface area (TPSA) is 66.8 Å². The zero-order chi connectivity index (χ0) is 14.2. The Kier molecular flexibility index (Phi) is 8.39. The number of rotatable bonds is 9. The van der Waals surface area contributed by atoms with Crippen LogP contribution in [0.2, 0.25) is 0 Å². The smallest absolute Gasteiger partial charge is 0.341 e. The Labute approximate surface area is 116 Å². The molecular formula is C11H23O4PS2. The summed E-state index contributed by atoms with van der Waals surface area (Å²) in [5.41, 5.74) is -3.60. The Morgan fingerprint density at radius 2 is 2.00 bits per heavy atom. The lowest BCUT2D eigenvalue weighted by Crippen LogP contribution is -2.15. The molecule has 0 aliphatic heterocycles. The molecule has 1 atom stereocenters. The van der Waals surface area contributed by atoms with Crippen molar-refractivity contribution in [2.45, 2.75) is 39.5 Å². The largest absolute Gasteiger partial charge is 0.404 e. The van der Waals surface area contributed by atoms with Crippen molar-refractivity contribution in [3.05, 3.63) is 12.7 Å². The first-order chi connectivity index (χ1) is 8.33. The van der Waals surface area contributed by atoms with E-state index in [0.29, 0.717) is 11.5 Å². The third-order valence-electron chi connectivity index (χ3n) is 2.61. The van der Waals surface area contributed by atoms with Gasteiger partial charge in [-0.25, -0.2) is 4.79 Å². The van der Waals surface area contributed by atoms with Gasteiger partial charge >= 0.3 is 5.97 Å². The minimum atomic E-state index is -3.60. The minimum absolute atomic E-state index is 0.378.